The van der Waals surface area contributed by atoms with Gasteiger partial charge in [-0.1, -0.05) is 13.8 Å². The molecular formula is C24H28O7. The Bertz CT molecular complexity index is 967. The van der Waals surface area contributed by atoms with Crippen molar-refractivity contribution in [3.8, 4) is 23.0 Å². The van der Waals surface area contributed by atoms with Crippen LogP contribution < -0.4 is 18.9 Å². The first-order valence-corrected chi connectivity index (χ1v) is 11.0. The lowest BCUT2D eigenvalue weighted by Gasteiger charge is -2.12. The average molecular weight is 428 g/mol. The van der Waals surface area contributed by atoms with Crippen molar-refractivity contribution in [1.82, 2.24) is 0 Å². The molecule has 0 radical (unpaired) electrons. The molecule has 31 heavy (non-hydrogen) atoms. The summed E-state index contributed by atoms with van der Waals surface area (Å²) < 4.78 is 40.6. The largest absolute Gasteiger partial charge is 0.490 e. The average Bonchev–Trinajstić information content (AvgIpc) is 3.70. The van der Waals surface area contributed by atoms with Crippen LogP contribution in [0, 0.1) is 0 Å². The van der Waals surface area contributed by atoms with Gasteiger partial charge in [0.25, 0.3) is 0 Å². The van der Waals surface area contributed by atoms with E-state index in [1.165, 1.54) is 0 Å². The van der Waals surface area contributed by atoms with Gasteiger partial charge in [-0.2, -0.15) is 0 Å². The number of furan rings is 1. The molecular weight excluding hydrogens is 400 g/mol. The molecule has 3 aromatic rings. The standard InChI is InChI=1S/C24H28O7/c1-3-5-25-21-7-17-18-8-22(26-6-4-2)24(30-14-16-12-28-16)10-20(18)31-19(17)9-23(21)29-13-15-11-27-15/h7-10,15-16H,3-6,11-14H2,1-2H3. The fourth-order valence-electron chi connectivity index (χ4n) is 3.36. The van der Waals surface area contributed by atoms with Crippen molar-refractivity contribution in [3.63, 3.8) is 0 Å². The highest BCUT2D eigenvalue weighted by Gasteiger charge is 2.26. The van der Waals surface area contributed by atoms with E-state index in [0.29, 0.717) is 49.4 Å². The first-order valence-electron chi connectivity index (χ1n) is 11.0. The molecule has 1 aromatic heterocycles. The molecule has 0 amide bonds. The summed E-state index contributed by atoms with van der Waals surface area (Å²) in [5.74, 6) is 2.75. The second-order valence-electron chi connectivity index (χ2n) is 7.92. The molecule has 7 heteroatoms. The van der Waals surface area contributed by atoms with Gasteiger partial charge in [0.1, 0.15) is 36.6 Å². The maximum atomic E-state index is 6.16. The quantitative estimate of drug-likeness (QED) is 0.387. The van der Waals surface area contributed by atoms with Gasteiger partial charge in [-0.3, -0.25) is 0 Å². The summed E-state index contributed by atoms with van der Waals surface area (Å²) in [5.41, 5.74) is 1.46. The number of epoxide rings is 2. The van der Waals surface area contributed by atoms with Gasteiger partial charge in [-0.25, -0.2) is 0 Å². The number of rotatable bonds is 12. The molecule has 166 valence electrons. The van der Waals surface area contributed by atoms with Gasteiger partial charge in [0, 0.05) is 22.9 Å². The fourth-order valence-corrected chi connectivity index (χ4v) is 3.36. The molecule has 3 heterocycles. The molecule has 0 aliphatic carbocycles. The summed E-state index contributed by atoms with van der Waals surface area (Å²) in [6.45, 7) is 7.88. The Labute approximate surface area is 181 Å². The highest BCUT2D eigenvalue weighted by molar-refractivity contribution is 6.07. The van der Waals surface area contributed by atoms with E-state index < -0.39 is 0 Å². The van der Waals surface area contributed by atoms with Crippen LogP contribution in [0.3, 0.4) is 0 Å². The zero-order chi connectivity index (χ0) is 21.2. The molecule has 5 rings (SSSR count). The lowest BCUT2D eigenvalue weighted by atomic mass is 10.1. The smallest absolute Gasteiger partial charge is 0.165 e. The predicted molar refractivity (Wildman–Crippen MR) is 116 cm³/mol. The normalized spacial score (nSPS) is 19.5. The van der Waals surface area contributed by atoms with E-state index in [-0.39, 0.29) is 12.2 Å². The first-order chi connectivity index (χ1) is 15.2. The molecule has 0 spiro atoms. The molecule has 2 aromatic carbocycles. The minimum atomic E-state index is 0.166. The van der Waals surface area contributed by atoms with E-state index in [1.54, 1.807) is 0 Å². The Morgan fingerprint density at radius 2 is 1.10 bits per heavy atom. The van der Waals surface area contributed by atoms with E-state index >= 15 is 0 Å². The van der Waals surface area contributed by atoms with E-state index in [2.05, 4.69) is 13.8 Å². The van der Waals surface area contributed by atoms with Crippen molar-refractivity contribution in [2.75, 3.05) is 39.6 Å². The number of benzene rings is 2. The highest BCUT2D eigenvalue weighted by atomic mass is 16.6. The molecule has 0 N–H and O–H groups in total. The van der Waals surface area contributed by atoms with Crippen molar-refractivity contribution in [2.24, 2.45) is 0 Å². The van der Waals surface area contributed by atoms with E-state index in [4.69, 9.17) is 32.8 Å². The summed E-state index contributed by atoms with van der Waals surface area (Å²) in [6.07, 6.45) is 2.16. The van der Waals surface area contributed by atoms with Gasteiger partial charge in [-0.05, 0) is 25.0 Å². The Hall–Kier alpha value is -2.64. The molecule has 2 unspecified atom stereocenters. The summed E-state index contributed by atoms with van der Waals surface area (Å²) >= 11 is 0. The zero-order valence-corrected chi connectivity index (χ0v) is 18.0. The minimum absolute atomic E-state index is 0.166. The van der Waals surface area contributed by atoms with Crippen molar-refractivity contribution in [2.45, 2.75) is 38.9 Å². The number of hydrogen-bond acceptors (Lipinski definition) is 7. The molecule has 2 fully saturated rings. The van der Waals surface area contributed by atoms with Gasteiger partial charge >= 0.3 is 0 Å². The van der Waals surface area contributed by atoms with Crippen LogP contribution in [0.4, 0.5) is 0 Å². The monoisotopic (exact) mass is 428 g/mol. The van der Waals surface area contributed by atoms with Crippen molar-refractivity contribution < 1.29 is 32.8 Å². The third-order valence-corrected chi connectivity index (χ3v) is 5.18. The van der Waals surface area contributed by atoms with Crippen molar-refractivity contribution >= 4 is 21.9 Å². The third kappa shape index (κ3) is 4.67. The zero-order valence-electron chi connectivity index (χ0n) is 18.0. The fraction of sp³-hybridized carbons (Fsp3) is 0.500. The van der Waals surface area contributed by atoms with Crippen molar-refractivity contribution in [3.05, 3.63) is 24.3 Å². The second kappa shape index (κ2) is 8.85. The molecule has 7 nitrogen and oxygen atoms in total. The molecule has 0 bridgehead atoms. The van der Waals surface area contributed by atoms with Crippen LogP contribution in [0.15, 0.2) is 28.7 Å². The van der Waals surface area contributed by atoms with Crippen LogP contribution in [-0.4, -0.2) is 51.8 Å². The molecule has 0 saturated carbocycles. The van der Waals surface area contributed by atoms with E-state index in [0.717, 1.165) is 48.0 Å². The Morgan fingerprint density at radius 1 is 0.677 bits per heavy atom. The predicted octanol–water partition coefficient (Wildman–Crippen LogP) is 4.72. The molecule has 2 aliphatic heterocycles. The lowest BCUT2D eigenvalue weighted by Crippen LogP contribution is -2.06. The summed E-state index contributed by atoms with van der Waals surface area (Å²) in [6, 6.07) is 7.77. The maximum Gasteiger partial charge on any atom is 0.165 e. The van der Waals surface area contributed by atoms with Crippen molar-refractivity contribution in [1.29, 1.82) is 0 Å². The van der Waals surface area contributed by atoms with Gasteiger partial charge in [-0.15, -0.1) is 0 Å². The third-order valence-electron chi connectivity index (χ3n) is 5.18. The molecule has 2 saturated heterocycles. The van der Waals surface area contributed by atoms with E-state index in [9.17, 15) is 0 Å². The SMILES string of the molecule is CCCOc1cc2c(cc1OCC1CO1)oc1cc(OCC3CO3)c(OCCC)cc12. The first kappa shape index (κ1) is 20.3. The Balaban J connectivity index is 1.53. The van der Waals surface area contributed by atoms with Gasteiger partial charge < -0.3 is 32.8 Å². The second-order valence-corrected chi connectivity index (χ2v) is 7.92. The number of hydrogen-bond donors (Lipinski definition) is 0. The van der Waals surface area contributed by atoms with Crippen LogP contribution in [-0.2, 0) is 9.47 Å². The number of ether oxygens (including phenoxy) is 6. The highest BCUT2D eigenvalue weighted by Crippen LogP contribution is 2.42. The Morgan fingerprint density at radius 3 is 1.48 bits per heavy atom. The van der Waals surface area contributed by atoms with E-state index in [1.807, 2.05) is 24.3 Å². The van der Waals surface area contributed by atoms with Crippen LogP contribution in [0.25, 0.3) is 21.9 Å². The van der Waals surface area contributed by atoms with Gasteiger partial charge in [0.05, 0.1) is 26.4 Å². The van der Waals surface area contributed by atoms with Crippen LogP contribution in [0.2, 0.25) is 0 Å². The summed E-state index contributed by atoms with van der Waals surface area (Å²) in [7, 11) is 0. The molecule has 2 atom stereocenters. The van der Waals surface area contributed by atoms with Crippen LogP contribution in [0.5, 0.6) is 23.0 Å². The summed E-state index contributed by atoms with van der Waals surface area (Å²) in [5, 5.41) is 1.91. The minimum Gasteiger partial charge on any atom is -0.490 e. The van der Waals surface area contributed by atoms with Gasteiger partial charge in [0.15, 0.2) is 23.0 Å². The summed E-state index contributed by atoms with van der Waals surface area (Å²) in [4.78, 5) is 0. The topological polar surface area (TPSA) is 75.1 Å². The van der Waals surface area contributed by atoms with Crippen LogP contribution in [0.1, 0.15) is 26.7 Å². The number of fused-ring (bicyclic) bond motifs is 3. The maximum absolute atomic E-state index is 6.16. The van der Waals surface area contributed by atoms with Crippen LogP contribution >= 0.6 is 0 Å². The lowest BCUT2D eigenvalue weighted by molar-refractivity contribution is 0.241. The Kier molecular flexibility index (Phi) is 5.78. The van der Waals surface area contributed by atoms with Gasteiger partial charge in [0.2, 0.25) is 0 Å². The molecule has 2 aliphatic rings.